The zero-order chi connectivity index (χ0) is 28.2. The minimum absolute atomic E-state index is 0.177. The summed E-state index contributed by atoms with van der Waals surface area (Å²) in [7, 11) is 0. The van der Waals surface area contributed by atoms with Gasteiger partial charge in [0.15, 0.2) is 5.12 Å². The van der Waals surface area contributed by atoms with E-state index in [9.17, 15) is 14.4 Å². The molecule has 4 rings (SSSR count). The van der Waals surface area contributed by atoms with E-state index in [2.05, 4.69) is 12.6 Å². The van der Waals surface area contributed by atoms with Gasteiger partial charge in [-0.2, -0.15) is 12.6 Å². The normalized spacial score (nSPS) is 11.9. The Balaban J connectivity index is 0.000000218. The van der Waals surface area contributed by atoms with Crippen molar-refractivity contribution in [3.8, 4) is 22.3 Å². The molecule has 5 nitrogen and oxygen atoms in total. The first kappa shape index (κ1) is 29.7. The Morgan fingerprint density at radius 3 is 1.36 bits per heavy atom. The minimum Gasteiger partial charge on any atom is -0.480 e. The highest BCUT2D eigenvalue weighted by atomic mass is 32.2. The van der Waals surface area contributed by atoms with Gasteiger partial charge < -0.3 is 10.2 Å². The average molecular weight is 559 g/mol. The van der Waals surface area contributed by atoms with Crippen molar-refractivity contribution in [2.75, 3.05) is 0 Å². The third-order valence-corrected chi connectivity index (χ3v) is 7.23. The van der Waals surface area contributed by atoms with Crippen molar-refractivity contribution in [3.63, 3.8) is 0 Å². The maximum absolute atomic E-state index is 11.2. The molecule has 0 aliphatic carbocycles. The number of aliphatic carboxylic acids is 2. The van der Waals surface area contributed by atoms with Crippen LogP contribution in [0, 0.1) is 0 Å². The number of rotatable bonds is 9. The van der Waals surface area contributed by atoms with E-state index in [1.807, 2.05) is 109 Å². The molecule has 4 aromatic rings. The van der Waals surface area contributed by atoms with Gasteiger partial charge in [0, 0.05) is 6.92 Å². The lowest BCUT2D eigenvalue weighted by molar-refractivity contribution is -0.137. The topological polar surface area (TPSA) is 91.7 Å². The summed E-state index contributed by atoms with van der Waals surface area (Å²) in [4.78, 5) is 33.0. The summed E-state index contributed by atoms with van der Waals surface area (Å²) >= 11 is 4.90. The van der Waals surface area contributed by atoms with Crippen molar-refractivity contribution in [3.05, 3.63) is 120 Å². The number of hydrogen-bond acceptors (Lipinski definition) is 5. The van der Waals surface area contributed by atoms with Crippen molar-refractivity contribution in [2.45, 2.75) is 30.3 Å². The van der Waals surface area contributed by atoms with Crippen molar-refractivity contribution >= 4 is 41.4 Å². The molecule has 0 radical (unpaired) electrons. The van der Waals surface area contributed by atoms with Gasteiger partial charge in [0.25, 0.3) is 0 Å². The second-order valence-corrected chi connectivity index (χ2v) is 10.8. The number of carbonyl (C=O) groups excluding carboxylic acids is 1. The van der Waals surface area contributed by atoms with Crippen LogP contribution < -0.4 is 0 Å². The molecular formula is C32H30O5S2. The van der Waals surface area contributed by atoms with Gasteiger partial charge in [-0.15, -0.1) is 0 Å². The lowest BCUT2D eigenvalue weighted by Gasteiger charge is -2.10. The van der Waals surface area contributed by atoms with Crippen LogP contribution in [0.1, 0.15) is 18.1 Å². The summed E-state index contributed by atoms with van der Waals surface area (Å²) in [6.45, 7) is 1.39. The van der Waals surface area contributed by atoms with Gasteiger partial charge in [-0.05, 0) is 46.2 Å². The molecule has 0 saturated heterocycles. The fourth-order valence-electron chi connectivity index (χ4n) is 3.83. The molecule has 0 fully saturated rings. The number of thiol groups is 1. The van der Waals surface area contributed by atoms with Crippen LogP contribution in [0.2, 0.25) is 0 Å². The molecule has 0 saturated carbocycles. The Labute approximate surface area is 238 Å². The van der Waals surface area contributed by atoms with Crippen molar-refractivity contribution in [2.24, 2.45) is 0 Å². The van der Waals surface area contributed by atoms with E-state index in [1.165, 1.54) is 6.92 Å². The largest absolute Gasteiger partial charge is 0.480 e. The second kappa shape index (κ2) is 15.0. The molecule has 0 spiro atoms. The molecule has 200 valence electrons. The average Bonchev–Trinajstić information content (AvgIpc) is 2.94. The first-order valence-electron chi connectivity index (χ1n) is 12.3. The van der Waals surface area contributed by atoms with E-state index in [0.717, 1.165) is 45.1 Å². The van der Waals surface area contributed by atoms with Crippen LogP contribution in [0.15, 0.2) is 109 Å². The molecule has 0 bridgehead atoms. The third kappa shape index (κ3) is 9.78. The summed E-state index contributed by atoms with van der Waals surface area (Å²) in [6.07, 6.45) is 0.780. The van der Waals surface area contributed by atoms with Gasteiger partial charge in [-0.3, -0.25) is 14.4 Å². The zero-order valence-corrected chi connectivity index (χ0v) is 23.1. The summed E-state index contributed by atoms with van der Waals surface area (Å²) in [6, 6.07) is 35.8. The first-order valence-corrected chi connectivity index (χ1v) is 13.7. The smallest absolute Gasteiger partial charge is 0.317 e. The molecule has 2 N–H and O–H groups in total. The Kier molecular flexibility index (Phi) is 11.4. The molecule has 0 amide bonds. The van der Waals surface area contributed by atoms with Crippen LogP contribution in [0.5, 0.6) is 0 Å². The van der Waals surface area contributed by atoms with Crippen molar-refractivity contribution < 1.29 is 24.6 Å². The number of benzene rings is 4. The predicted molar refractivity (Wildman–Crippen MR) is 161 cm³/mol. The molecular weight excluding hydrogens is 528 g/mol. The lowest BCUT2D eigenvalue weighted by atomic mass is 10.0. The summed E-state index contributed by atoms with van der Waals surface area (Å²) < 4.78 is 0. The van der Waals surface area contributed by atoms with E-state index in [0.29, 0.717) is 12.8 Å². The van der Waals surface area contributed by atoms with Gasteiger partial charge in [-0.25, -0.2) is 0 Å². The molecule has 0 unspecified atom stereocenters. The Morgan fingerprint density at radius 1 is 0.615 bits per heavy atom. The van der Waals surface area contributed by atoms with Crippen LogP contribution in [0.25, 0.3) is 22.3 Å². The fraction of sp³-hybridized carbons (Fsp3) is 0.156. The lowest BCUT2D eigenvalue weighted by Crippen LogP contribution is -2.20. The molecule has 0 aliphatic heterocycles. The van der Waals surface area contributed by atoms with Gasteiger partial charge in [0.2, 0.25) is 0 Å². The molecule has 2 atom stereocenters. The van der Waals surface area contributed by atoms with E-state index >= 15 is 0 Å². The summed E-state index contributed by atoms with van der Waals surface area (Å²) in [5.74, 6) is -1.84. The van der Waals surface area contributed by atoms with Crippen molar-refractivity contribution in [1.29, 1.82) is 0 Å². The fourth-order valence-corrected chi connectivity index (χ4v) is 4.82. The van der Waals surface area contributed by atoms with Crippen LogP contribution in [0.3, 0.4) is 0 Å². The molecule has 4 aromatic carbocycles. The predicted octanol–water partition coefficient (Wildman–Crippen LogP) is 6.91. The molecule has 0 aliphatic rings. The monoisotopic (exact) mass is 558 g/mol. The van der Waals surface area contributed by atoms with Crippen LogP contribution in [-0.4, -0.2) is 37.8 Å². The van der Waals surface area contributed by atoms with Crippen LogP contribution in [-0.2, 0) is 27.2 Å². The molecule has 0 aromatic heterocycles. The highest BCUT2D eigenvalue weighted by Crippen LogP contribution is 2.23. The highest BCUT2D eigenvalue weighted by Gasteiger charge is 2.20. The van der Waals surface area contributed by atoms with E-state index < -0.39 is 22.4 Å². The van der Waals surface area contributed by atoms with E-state index in [1.54, 1.807) is 0 Å². The Hall–Kier alpha value is -3.81. The van der Waals surface area contributed by atoms with Gasteiger partial charge in [0.05, 0.1) is 0 Å². The van der Waals surface area contributed by atoms with E-state index in [-0.39, 0.29) is 5.12 Å². The number of carbonyl (C=O) groups is 3. The summed E-state index contributed by atoms with van der Waals surface area (Å²) in [5, 5.41) is 16.4. The Morgan fingerprint density at radius 2 is 1.00 bits per heavy atom. The number of thioether (sulfide) groups is 1. The zero-order valence-electron chi connectivity index (χ0n) is 21.4. The second-order valence-electron chi connectivity index (χ2n) is 8.82. The van der Waals surface area contributed by atoms with Gasteiger partial charge >= 0.3 is 11.9 Å². The molecule has 39 heavy (non-hydrogen) atoms. The van der Waals surface area contributed by atoms with Gasteiger partial charge in [-0.1, -0.05) is 121 Å². The third-order valence-electron chi connectivity index (χ3n) is 5.84. The Bertz CT molecular complexity index is 1360. The number of carboxylic acid groups (broad SMARTS) is 2. The number of hydrogen-bond donors (Lipinski definition) is 3. The standard InChI is InChI=1S/C17H16O3S.C15H14O2S/c1-12(18)21-16(17(19)20)11-13-7-9-15(10-8-13)14-5-3-2-4-6-14;16-15(17)14(18)10-11-6-8-13(9-7-11)12-4-2-1-3-5-12/h2-10,16H,11H2,1H3,(H,19,20);1-9,14,18H,10H2,(H,16,17)/t16-;14-/m11/s1. The highest BCUT2D eigenvalue weighted by molar-refractivity contribution is 8.14. The van der Waals surface area contributed by atoms with Crippen molar-refractivity contribution in [1.82, 2.24) is 0 Å². The summed E-state index contributed by atoms with van der Waals surface area (Å²) in [5.41, 5.74) is 6.39. The minimum atomic E-state index is -0.956. The first-order chi connectivity index (χ1) is 18.7. The quantitative estimate of drug-likeness (QED) is 0.193. The maximum Gasteiger partial charge on any atom is 0.317 e. The van der Waals surface area contributed by atoms with Gasteiger partial charge in [0.1, 0.15) is 10.5 Å². The van der Waals surface area contributed by atoms with Crippen LogP contribution in [0.4, 0.5) is 0 Å². The molecule has 7 heteroatoms. The maximum atomic E-state index is 11.2. The van der Waals surface area contributed by atoms with Crippen LogP contribution >= 0.6 is 24.4 Å². The SMILES string of the molecule is CC(=O)S[C@H](Cc1ccc(-c2ccccc2)cc1)C(=O)O.O=C(O)[C@H](S)Cc1ccc(-c2ccccc2)cc1. The number of carboxylic acids is 2. The molecule has 0 heterocycles. The van der Waals surface area contributed by atoms with E-state index in [4.69, 9.17) is 10.2 Å².